The normalized spacial score (nSPS) is 14.2. The summed E-state index contributed by atoms with van der Waals surface area (Å²) in [6.45, 7) is 0.116. The molecule has 15 heteroatoms. The lowest BCUT2D eigenvalue weighted by Crippen LogP contribution is -2.50. The van der Waals surface area contributed by atoms with E-state index in [0.29, 0.717) is 11.1 Å². The molecule has 3 amide bonds. The molecule has 0 aromatic heterocycles. The number of nitrogens with zero attached hydrogens (tertiary/aromatic N) is 1. The van der Waals surface area contributed by atoms with E-state index in [0.717, 1.165) is 6.92 Å². The Bertz CT molecular complexity index is 1360. The van der Waals surface area contributed by atoms with Crippen molar-refractivity contribution in [3.8, 4) is 5.75 Å². The third-order valence-electron chi connectivity index (χ3n) is 6.26. The van der Waals surface area contributed by atoms with E-state index >= 15 is 0 Å². The molecule has 1 saturated heterocycles. The summed E-state index contributed by atoms with van der Waals surface area (Å²) in [5, 5.41) is 14.3. The van der Waals surface area contributed by atoms with Crippen LogP contribution in [-0.2, 0) is 24.0 Å². The number of nitrogens with one attached hydrogen (secondary N) is 2. The molecular formula is C26H24Cl2F3N3O7. The van der Waals surface area contributed by atoms with Crippen molar-refractivity contribution in [2.75, 3.05) is 25.0 Å². The molecule has 0 aliphatic carbocycles. The van der Waals surface area contributed by atoms with Crippen LogP contribution in [0.4, 0.5) is 18.9 Å². The second kappa shape index (κ2) is 13.7. The molecule has 1 heterocycles. The maximum atomic E-state index is 14.2. The zero-order valence-electron chi connectivity index (χ0n) is 21.4. The molecule has 3 N–H and O–H groups in total. The monoisotopic (exact) mass is 617 g/mol. The third-order valence-corrected chi connectivity index (χ3v) is 6.83. The lowest BCUT2D eigenvalue weighted by atomic mass is 9.95. The number of ether oxygens (including phenoxy) is 1. The smallest absolute Gasteiger partial charge is 0.313 e. The minimum atomic E-state index is -1.66. The number of Topliss-reactive ketones (excluding diaryl/α,β-unsaturated/α-hetero) is 1. The minimum Gasteiger partial charge on any atom is -0.481 e. The zero-order chi connectivity index (χ0) is 30.4. The fourth-order valence-electron chi connectivity index (χ4n) is 4.04. The lowest BCUT2D eigenvalue weighted by Gasteiger charge is -2.31. The molecule has 1 aliphatic rings. The second-order valence-electron chi connectivity index (χ2n) is 9.19. The number of aryl methyl sites for hydroxylation is 1. The molecule has 3 rings (SSSR count). The number of hydrogen-bond acceptors (Lipinski definition) is 6. The van der Waals surface area contributed by atoms with Crippen LogP contribution in [0.15, 0.2) is 24.3 Å². The predicted octanol–water partition coefficient (Wildman–Crippen LogP) is 3.50. The average molecular weight is 618 g/mol. The predicted molar refractivity (Wildman–Crippen MR) is 140 cm³/mol. The maximum Gasteiger partial charge on any atom is 0.313 e. The van der Waals surface area contributed by atoms with Gasteiger partial charge in [-0.3, -0.25) is 24.0 Å². The lowest BCUT2D eigenvalue weighted by molar-refractivity contribution is -0.145. The molecule has 1 atom stereocenters. The summed E-state index contributed by atoms with van der Waals surface area (Å²) in [6, 6.07) is 3.31. The number of amides is 3. The Hall–Kier alpha value is -3.84. The van der Waals surface area contributed by atoms with Crippen LogP contribution in [0.5, 0.6) is 5.75 Å². The Morgan fingerprint density at radius 2 is 1.73 bits per heavy atom. The number of benzene rings is 2. The van der Waals surface area contributed by atoms with Crippen LogP contribution in [0.25, 0.3) is 0 Å². The Labute approximate surface area is 241 Å². The van der Waals surface area contributed by atoms with Crippen molar-refractivity contribution in [1.82, 2.24) is 10.2 Å². The molecule has 220 valence electrons. The third kappa shape index (κ3) is 8.10. The number of anilines is 1. The number of carbonyl (C=O) groups is 5. The molecule has 0 spiro atoms. The van der Waals surface area contributed by atoms with Crippen molar-refractivity contribution in [3.63, 3.8) is 0 Å². The van der Waals surface area contributed by atoms with E-state index in [4.69, 9.17) is 27.9 Å². The summed E-state index contributed by atoms with van der Waals surface area (Å²) in [7, 11) is 0. The number of piperidine rings is 1. The van der Waals surface area contributed by atoms with Gasteiger partial charge in [-0.15, -0.1) is 0 Å². The van der Waals surface area contributed by atoms with Crippen LogP contribution < -0.4 is 15.4 Å². The van der Waals surface area contributed by atoms with Crippen LogP contribution in [-0.4, -0.2) is 65.2 Å². The molecule has 0 radical (unpaired) electrons. The van der Waals surface area contributed by atoms with E-state index in [-0.39, 0.29) is 42.2 Å². The highest BCUT2D eigenvalue weighted by molar-refractivity contribution is 6.42. The number of likely N-dealkylation sites (tertiary alicyclic amines) is 1. The van der Waals surface area contributed by atoms with Crippen LogP contribution in [0.1, 0.15) is 24.8 Å². The number of hydrogen-bond donors (Lipinski definition) is 3. The van der Waals surface area contributed by atoms with E-state index in [2.05, 4.69) is 10.6 Å². The number of ketones is 1. The first kappa shape index (κ1) is 31.7. The van der Waals surface area contributed by atoms with Crippen molar-refractivity contribution in [3.05, 3.63) is 57.3 Å². The number of aliphatic carboxylic acids is 1. The van der Waals surface area contributed by atoms with Crippen LogP contribution in [0.3, 0.4) is 0 Å². The summed E-state index contributed by atoms with van der Waals surface area (Å²) in [5.41, 5.74) is -0.139. The fraction of sp³-hybridized carbons (Fsp3) is 0.346. The minimum absolute atomic E-state index is 0.00570. The average Bonchev–Trinajstić information content (AvgIpc) is 2.92. The molecule has 1 unspecified atom stereocenters. The van der Waals surface area contributed by atoms with Gasteiger partial charge in [0.25, 0.3) is 0 Å². The van der Waals surface area contributed by atoms with Gasteiger partial charge in [-0.2, -0.15) is 4.39 Å². The van der Waals surface area contributed by atoms with Crippen molar-refractivity contribution < 1.29 is 47.0 Å². The SMILES string of the molecule is Cc1cc(F)c(F)c(OCC(=O)C(CC(=O)O)NC(=O)C2CCN(C(=O)C(=O)Nc3cc(Cl)ccc3Cl)CC2)c1F. The highest BCUT2D eigenvalue weighted by atomic mass is 35.5. The first-order chi connectivity index (χ1) is 19.3. The van der Waals surface area contributed by atoms with Gasteiger partial charge in [0.1, 0.15) is 12.6 Å². The largest absolute Gasteiger partial charge is 0.481 e. The highest BCUT2D eigenvalue weighted by Gasteiger charge is 2.33. The molecule has 0 saturated carbocycles. The maximum absolute atomic E-state index is 14.2. The number of carbonyl (C=O) groups excluding carboxylic acids is 4. The van der Waals surface area contributed by atoms with Crippen LogP contribution >= 0.6 is 23.2 Å². The zero-order valence-corrected chi connectivity index (χ0v) is 23.0. The van der Waals surface area contributed by atoms with Crippen molar-refractivity contribution in [2.24, 2.45) is 5.92 Å². The van der Waals surface area contributed by atoms with Gasteiger partial charge in [0, 0.05) is 24.0 Å². The molecule has 0 bridgehead atoms. The second-order valence-corrected chi connectivity index (χ2v) is 10.0. The fourth-order valence-corrected chi connectivity index (χ4v) is 4.38. The summed E-state index contributed by atoms with van der Waals surface area (Å²) in [6.07, 6.45) is -0.677. The van der Waals surface area contributed by atoms with Crippen LogP contribution in [0.2, 0.25) is 10.0 Å². The van der Waals surface area contributed by atoms with Gasteiger partial charge in [0.05, 0.1) is 17.1 Å². The summed E-state index contributed by atoms with van der Waals surface area (Å²) in [5.74, 6) is -11.2. The molecule has 2 aromatic rings. The van der Waals surface area contributed by atoms with E-state index in [1.165, 1.54) is 23.1 Å². The van der Waals surface area contributed by atoms with E-state index < -0.39 is 77.7 Å². The van der Waals surface area contributed by atoms with Crippen molar-refractivity contribution >= 4 is 58.4 Å². The van der Waals surface area contributed by atoms with Crippen molar-refractivity contribution in [1.29, 1.82) is 0 Å². The van der Waals surface area contributed by atoms with Gasteiger partial charge in [-0.1, -0.05) is 23.2 Å². The van der Waals surface area contributed by atoms with Gasteiger partial charge in [0.2, 0.25) is 11.7 Å². The Morgan fingerprint density at radius 1 is 1.07 bits per heavy atom. The first-order valence-corrected chi connectivity index (χ1v) is 12.9. The van der Waals surface area contributed by atoms with Gasteiger partial charge >= 0.3 is 17.8 Å². The Kier molecular flexibility index (Phi) is 10.6. The summed E-state index contributed by atoms with van der Waals surface area (Å²) >= 11 is 11.9. The Morgan fingerprint density at radius 3 is 2.37 bits per heavy atom. The summed E-state index contributed by atoms with van der Waals surface area (Å²) in [4.78, 5) is 62.9. The molecule has 1 fully saturated rings. The van der Waals surface area contributed by atoms with E-state index in [9.17, 15) is 42.3 Å². The van der Waals surface area contributed by atoms with Gasteiger partial charge < -0.3 is 25.4 Å². The molecule has 1 aliphatic heterocycles. The number of rotatable bonds is 9. The Balaban J connectivity index is 1.57. The van der Waals surface area contributed by atoms with Gasteiger partial charge in [-0.05, 0) is 49.6 Å². The highest BCUT2D eigenvalue weighted by Crippen LogP contribution is 2.28. The molecule has 2 aromatic carbocycles. The van der Waals surface area contributed by atoms with E-state index in [1.807, 2.05) is 0 Å². The standard InChI is InChI=1S/C26H24Cl2F3N3O7/c1-12-8-16(29)22(31)23(21(12)30)41-11-19(35)18(10-20(36)37)33-24(38)13-4-6-34(7-5-13)26(40)25(39)32-17-9-14(27)2-3-15(17)28/h2-3,8-9,13,18H,4-7,10-11H2,1H3,(H,32,39)(H,33,38)(H,36,37). The number of halogens is 5. The van der Waals surface area contributed by atoms with Gasteiger partial charge in [-0.25, -0.2) is 8.78 Å². The molecule has 10 nitrogen and oxygen atoms in total. The molecular weight excluding hydrogens is 594 g/mol. The van der Waals surface area contributed by atoms with Crippen molar-refractivity contribution in [2.45, 2.75) is 32.2 Å². The number of carboxylic acids is 1. The van der Waals surface area contributed by atoms with Gasteiger partial charge in [0.15, 0.2) is 23.2 Å². The van der Waals surface area contributed by atoms with E-state index in [1.54, 1.807) is 0 Å². The van der Waals surface area contributed by atoms with Crippen LogP contribution in [0, 0.1) is 30.3 Å². The first-order valence-electron chi connectivity index (χ1n) is 12.2. The quantitative estimate of drug-likeness (QED) is 0.289. The topological polar surface area (TPSA) is 142 Å². The summed E-state index contributed by atoms with van der Waals surface area (Å²) < 4.78 is 46.5. The number of carboxylic acid groups (broad SMARTS) is 1. The molecule has 41 heavy (non-hydrogen) atoms.